The summed E-state index contributed by atoms with van der Waals surface area (Å²) in [4.78, 5) is 11.7. The third kappa shape index (κ3) is 2.55. The van der Waals surface area contributed by atoms with E-state index >= 15 is 0 Å². The zero-order chi connectivity index (χ0) is 13.3. The van der Waals surface area contributed by atoms with Gasteiger partial charge in [-0.05, 0) is 0 Å². The van der Waals surface area contributed by atoms with Gasteiger partial charge in [-0.15, -0.1) is 0 Å². The summed E-state index contributed by atoms with van der Waals surface area (Å²) in [7, 11) is 3.30. The number of fused-ring (bicyclic) bond motifs is 1. The summed E-state index contributed by atoms with van der Waals surface area (Å²) >= 11 is -2.06. The topological polar surface area (TPSA) is 31.4 Å². The van der Waals surface area contributed by atoms with Crippen LogP contribution in [0.15, 0.2) is 24.4 Å². The predicted octanol–water partition coefficient (Wildman–Crippen LogP) is 2.80. The van der Waals surface area contributed by atoms with Crippen molar-refractivity contribution in [1.29, 1.82) is 0 Å². The van der Waals surface area contributed by atoms with Crippen LogP contribution in [0.3, 0.4) is 0 Å². The van der Waals surface area contributed by atoms with Gasteiger partial charge in [-0.1, -0.05) is 0 Å². The number of pyridine rings is 1. The van der Waals surface area contributed by atoms with Gasteiger partial charge in [0.25, 0.3) is 0 Å². The van der Waals surface area contributed by atoms with Crippen molar-refractivity contribution < 1.29 is 9.47 Å². The quantitative estimate of drug-likeness (QED) is 0.797. The molecule has 0 aliphatic rings. The minimum atomic E-state index is -2.06. The van der Waals surface area contributed by atoms with E-state index < -0.39 is 18.4 Å². The number of methoxy groups -OCH3 is 2. The van der Waals surface area contributed by atoms with Gasteiger partial charge in [-0.3, -0.25) is 0 Å². The van der Waals surface area contributed by atoms with E-state index in [1.807, 2.05) is 18.3 Å². The molecule has 0 saturated heterocycles. The van der Waals surface area contributed by atoms with Gasteiger partial charge in [0.15, 0.2) is 0 Å². The normalized spacial score (nSPS) is 11.6. The van der Waals surface area contributed by atoms with Crippen LogP contribution in [-0.4, -0.2) is 37.6 Å². The average Bonchev–Trinajstić information content (AvgIpc) is 2.35. The van der Waals surface area contributed by atoms with Crippen LogP contribution in [0.5, 0.6) is 11.5 Å². The number of ether oxygens (including phenoxy) is 2. The third-order valence-electron chi connectivity index (χ3n) is 3.05. The Balaban J connectivity index is 2.63. The summed E-state index contributed by atoms with van der Waals surface area (Å²) in [5.74, 6) is 1.48. The molecule has 4 heteroatoms. The maximum absolute atomic E-state index is 5.33. The molecule has 0 aliphatic carbocycles. The van der Waals surface area contributed by atoms with E-state index in [4.69, 9.17) is 9.47 Å². The Kier molecular flexibility index (Phi) is 3.71. The summed E-state index contributed by atoms with van der Waals surface area (Å²) in [6.07, 6.45) is 2.02. The van der Waals surface area contributed by atoms with Crippen molar-refractivity contribution in [1.82, 2.24) is 4.98 Å². The molecule has 0 saturated carbocycles. The van der Waals surface area contributed by atoms with Crippen LogP contribution in [0.2, 0.25) is 14.8 Å². The first-order chi connectivity index (χ1) is 8.45. The van der Waals surface area contributed by atoms with Crippen molar-refractivity contribution in [3.8, 4) is 11.5 Å². The van der Waals surface area contributed by atoms with Crippen molar-refractivity contribution in [3.63, 3.8) is 0 Å². The van der Waals surface area contributed by atoms with Crippen LogP contribution in [0, 0.1) is 0 Å². The molecular formula is C14H19NO2Sn. The first-order valence-electron chi connectivity index (χ1n) is 5.98. The standard InChI is InChI=1S/C11H10NO2.3CH3.Sn/c1-13-10-6-8-4-3-5-12-9(8)7-11(10)14-2;;;;/h4-7H,1-2H3;3*1H3;. The number of aromatic nitrogens is 1. The van der Waals surface area contributed by atoms with Crippen molar-refractivity contribution in [2.75, 3.05) is 14.2 Å². The molecule has 2 aromatic rings. The minimum absolute atomic E-state index is 0.726. The Morgan fingerprint density at radius 1 is 0.944 bits per heavy atom. The van der Waals surface area contributed by atoms with Gasteiger partial charge in [-0.25, -0.2) is 0 Å². The number of nitrogens with zero attached hydrogens (tertiary/aromatic N) is 1. The molecule has 1 heterocycles. The van der Waals surface area contributed by atoms with E-state index in [2.05, 4.69) is 25.9 Å². The van der Waals surface area contributed by atoms with Crippen molar-refractivity contribution >= 4 is 32.9 Å². The molecule has 0 N–H and O–H groups in total. The number of rotatable bonds is 3. The summed E-state index contributed by atoms with van der Waals surface area (Å²) in [6, 6.07) is 6.18. The Hall–Kier alpha value is -0.971. The van der Waals surface area contributed by atoms with E-state index in [1.165, 1.54) is 3.58 Å². The van der Waals surface area contributed by atoms with Gasteiger partial charge in [0, 0.05) is 0 Å². The monoisotopic (exact) mass is 353 g/mol. The van der Waals surface area contributed by atoms with Crippen molar-refractivity contribution in [3.05, 3.63) is 24.4 Å². The van der Waals surface area contributed by atoms with Gasteiger partial charge in [0.2, 0.25) is 0 Å². The molecule has 96 valence electrons. The van der Waals surface area contributed by atoms with E-state index in [-0.39, 0.29) is 0 Å². The molecule has 0 fully saturated rings. The number of benzene rings is 1. The molecular weight excluding hydrogens is 333 g/mol. The Morgan fingerprint density at radius 3 is 2.11 bits per heavy atom. The zero-order valence-electron chi connectivity index (χ0n) is 11.6. The molecule has 3 nitrogen and oxygen atoms in total. The Labute approximate surface area is 112 Å². The fourth-order valence-electron chi connectivity index (χ4n) is 1.87. The van der Waals surface area contributed by atoms with E-state index in [9.17, 15) is 0 Å². The maximum atomic E-state index is 5.33. The zero-order valence-corrected chi connectivity index (χ0v) is 14.4. The van der Waals surface area contributed by atoms with Gasteiger partial charge in [-0.2, -0.15) is 0 Å². The van der Waals surface area contributed by atoms with Crippen molar-refractivity contribution in [2.24, 2.45) is 0 Å². The molecule has 1 aromatic heterocycles. The number of hydrogen-bond donors (Lipinski definition) is 0. The molecule has 1 aromatic carbocycles. The first kappa shape index (κ1) is 13.5. The van der Waals surface area contributed by atoms with E-state index in [0.29, 0.717) is 0 Å². The molecule has 0 atom stereocenters. The average molecular weight is 352 g/mol. The fourth-order valence-corrected chi connectivity index (χ4v) is 4.83. The van der Waals surface area contributed by atoms with Crippen LogP contribution < -0.4 is 13.1 Å². The summed E-state index contributed by atoms with van der Waals surface area (Å²) in [5.41, 5.74) is 0.951. The van der Waals surface area contributed by atoms with Gasteiger partial charge < -0.3 is 0 Å². The second-order valence-electron chi connectivity index (χ2n) is 5.37. The Morgan fingerprint density at radius 2 is 1.56 bits per heavy atom. The molecule has 0 spiro atoms. The van der Waals surface area contributed by atoms with Gasteiger partial charge in [0.1, 0.15) is 0 Å². The summed E-state index contributed by atoms with van der Waals surface area (Å²) in [6.45, 7) is 0. The SMILES string of the molecule is COc1cc2c[c]([Sn]([CH3])([CH3])[CH3])cnc2cc1OC. The molecule has 2 rings (SSSR count). The second-order valence-corrected chi connectivity index (χ2v) is 19.9. The molecule has 18 heavy (non-hydrogen) atoms. The number of hydrogen-bond acceptors (Lipinski definition) is 3. The van der Waals surface area contributed by atoms with Gasteiger partial charge >= 0.3 is 112 Å². The Bertz CT molecular complexity index is 576. The van der Waals surface area contributed by atoms with Crippen molar-refractivity contribution in [2.45, 2.75) is 14.8 Å². The van der Waals surface area contributed by atoms with Crippen LogP contribution in [0.4, 0.5) is 0 Å². The molecule has 0 unspecified atom stereocenters. The summed E-state index contributed by atoms with van der Waals surface area (Å²) in [5, 5.41) is 1.12. The van der Waals surface area contributed by atoms with Crippen LogP contribution in [0.1, 0.15) is 0 Å². The molecule has 0 radical (unpaired) electrons. The van der Waals surface area contributed by atoms with Crippen LogP contribution in [-0.2, 0) is 0 Å². The molecule has 0 bridgehead atoms. The predicted molar refractivity (Wildman–Crippen MR) is 77.8 cm³/mol. The second kappa shape index (κ2) is 4.96. The fraction of sp³-hybridized carbons (Fsp3) is 0.357. The third-order valence-corrected chi connectivity index (χ3v) is 8.78. The van der Waals surface area contributed by atoms with E-state index in [1.54, 1.807) is 14.2 Å². The van der Waals surface area contributed by atoms with Crippen LogP contribution in [0.25, 0.3) is 10.9 Å². The first-order valence-corrected chi connectivity index (χ1v) is 16.0. The van der Waals surface area contributed by atoms with Gasteiger partial charge in [0.05, 0.1) is 0 Å². The molecule has 0 aliphatic heterocycles. The summed E-state index contributed by atoms with van der Waals surface area (Å²) < 4.78 is 12.0. The van der Waals surface area contributed by atoms with E-state index in [0.717, 1.165) is 22.4 Å². The molecule has 0 amide bonds. The van der Waals surface area contributed by atoms with Crippen LogP contribution >= 0.6 is 0 Å².